The molecule has 38 heavy (non-hydrogen) atoms. The number of rotatable bonds is 8. The molecule has 0 fully saturated rings. The van der Waals surface area contributed by atoms with Gasteiger partial charge in [0, 0.05) is 38.4 Å². The number of aliphatic carboxylic acids is 1. The van der Waals surface area contributed by atoms with Crippen LogP contribution in [0.5, 0.6) is 0 Å². The molecule has 8 nitrogen and oxygen atoms in total. The van der Waals surface area contributed by atoms with Crippen molar-refractivity contribution in [2.24, 2.45) is 0 Å². The van der Waals surface area contributed by atoms with Crippen LogP contribution in [0.3, 0.4) is 0 Å². The second-order valence-electron chi connectivity index (χ2n) is 9.37. The molecule has 3 heterocycles. The van der Waals surface area contributed by atoms with Crippen LogP contribution in [0.15, 0.2) is 41.8 Å². The minimum Gasteiger partial charge on any atom is -0.480 e. The lowest BCUT2D eigenvalue weighted by molar-refractivity contribution is -0.139. The first-order valence-electron chi connectivity index (χ1n) is 12.2. The Morgan fingerprint density at radius 3 is 2.71 bits per heavy atom. The molecular weight excluding hydrogens is 547 g/mol. The van der Waals surface area contributed by atoms with Gasteiger partial charge < -0.3 is 21.1 Å². The van der Waals surface area contributed by atoms with E-state index in [0.717, 1.165) is 37.2 Å². The SMILES string of the molecule is O=C(NC[C@H](NC(=O)c1c(Cl)cc2c(c1Cl)CCN(Cc1ccc3c(c1)NCC3)C2)C(=O)O)c1cccs1. The molecule has 1 atom stereocenters. The molecule has 3 aromatic rings. The van der Waals surface area contributed by atoms with Crippen molar-refractivity contribution >= 4 is 58.0 Å². The van der Waals surface area contributed by atoms with E-state index < -0.39 is 23.8 Å². The van der Waals surface area contributed by atoms with Gasteiger partial charge in [-0.3, -0.25) is 14.5 Å². The molecule has 4 N–H and O–H groups in total. The van der Waals surface area contributed by atoms with Crippen molar-refractivity contribution < 1.29 is 19.5 Å². The summed E-state index contributed by atoms with van der Waals surface area (Å²) in [6.45, 7) is 2.86. The maximum Gasteiger partial charge on any atom is 0.328 e. The van der Waals surface area contributed by atoms with Crippen molar-refractivity contribution in [2.75, 3.05) is 25.0 Å². The quantitative estimate of drug-likeness (QED) is 0.322. The van der Waals surface area contributed by atoms with Crippen LogP contribution in [0.4, 0.5) is 5.69 Å². The molecule has 0 aliphatic carbocycles. The number of thiophene rings is 1. The van der Waals surface area contributed by atoms with Crippen LogP contribution in [-0.4, -0.2) is 53.5 Å². The van der Waals surface area contributed by atoms with Crippen molar-refractivity contribution in [2.45, 2.75) is 32.0 Å². The first-order valence-corrected chi connectivity index (χ1v) is 13.9. The van der Waals surface area contributed by atoms with E-state index in [1.165, 1.54) is 28.2 Å². The summed E-state index contributed by atoms with van der Waals surface area (Å²) in [5.41, 5.74) is 5.59. The third-order valence-electron chi connectivity index (χ3n) is 6.82. The zero-order valence-corrected chi connectivity index (χ0v) is 22.7. The van der Waals surface area contributed by atoms with Crippen molar-refractivity contribution in [1.29, 1.82) is 0 Å². The number of anilines is 1. The van der Waals surface area contributed by atoms with E-state index in [0.29, 0.717) is 17.8 Å². The highest BCUT2D eigenvalue weighted by Gasteiger charge is 2.28. The summed E-state index contributed by atoms with van der Waals surface area (Å²) in [6.07, 6.45) is 1.69. The third kappa shape index (κ3) is 5.66. The fourth-order valence-electron chi connectivity index (χ4n) is 4.87. The lowest BCUT2D eigenvalue weighted by atomic mass is 9.96. The van der Waals surface area contributed by atoms with Gasteiger partial charge in [0.1, 0.15) is 6.04 Å². The normalized spacial score (nSPS) is 15.2. The van der Waals surface area contributed by atoms with Gasteiger partial charge in [0.15, 0.2) is 0 Å². The molecule has 0 radical (unpaired) electrons. The van der Waals surface area contributed by atoms with Crippen molar-refractivity contribution in [3.8, 4) is 0 Å². The first kappa shape index (κ1) is 26.5. The maximum absolute atomic E-state index is 13.1. The van der Waals surface area contributed by atoms with E-state index in [1.54, 1.807) is 23.6 Å². The number of carboxylic acids is 1. The van der Waals surface area contributed by atoms with Gasteiger partial charge in [-0.25, -0.2) is 4.79 Å². The van der Waals surface area contributed by atoms with Crippen LogP contribution in [-0.2, 0) is 30.7 Å². The molecule has 2 aliphatic heterocycles. The number of halogens is 2. The van der Waals surface area contributed by atoms with E-state index in [-0.39, 0.29) is 22.2 Å². The van der Waals surface area contributed by atoms with Crippen LogP contribution in [0.2, 0.25) is 10.0 Å². The van der Waals surface area contributed by atoms with Crippen molar-refractivity contribution in [1.82, 2.24) is 15.5 Å². The topological polar surface area (TPSA) is 111 Å². The number of benzene rings is 2. The molecule has 0 saturated carbocycles. The highest BCUT2D eigenvalue weighted by atomic mass is 35.5. The summed E-state index contributed by atoms with van der Waals surface area (Å²) in [5.74, 6) is -2.40. The number of carbonyl (C=O) groups excluding carboxylic acids is 2. The number of carbonyl (C=O) groups is 3. The van der Waals surface area contributed by atoms with E-state index in [2.05, 4.69) is 39.0 Å². The molecule has 11 heteroatoms. The highest BCUT2D eigenvalue weighted by Crippen LogP contribution is 2.35. The van der Waals surface area contributed by atoms with Gasteiger partial charge in [0.25, 0.3) is 11.8 Å². The number of hydrogen-bond acceptors (Lipinski definition) is 6. The predicted octanol–water partition coefficient (Wildman–Crippen LogP) is 4.19. The van der Waals surface area contributed by atoms with Gasteiger partial charge in [0.05, 0.1) is 20.5 Å². The van der Waals surface area contributed by atoms with E-state index in [4.69, 9.17) is 23.2 Å². The third-order valence-corrected chi connectivity index (χ3v) is 8.40. The number of fused-ring (bicyclic) bond motifs is 2. The molecule has 2 amide bonds. The molecule has 0 unspecified atom stereocenters. The lowest BCUT2D eigenvalue weighted by Crippen LogP contribution is -2.48. The molecule has 2 aromatic carbocycles. The molecular formula is C27H26Cl2N4O4S. The minimum absolute atomic E-state index is 0.0427. The molecule has 198 valence electrons. The van der Waals surface area contributed by atoms with E-state index >= 15 is 0 Å². The average Bonchev–Trinajstić information content (AvgIpc) is 3.58. The minimum atomic E-state index is -1.35. The van der Waals surface area contributed by atoms with E-state index in [1.807, 2.05) is 0 Å². The van der Waals surface area contributed by atoms with Crippen LogP contribution in [0.25, 0.3) is 0 Å². The monoisotopic (exact) mass is 572 g/mol. The fourth-order valence-corrected chi connectivity index (χ4v) is 6.27. The molecule has 0 bridgehead atoms. The smallest absolute Gasteiger partial charge is 0.328 e. The number of nitrogens with one attached hydrogen (secondary N) is 3. The average molecular weight is 574 g/mol. The molecule has 1 aromatic heterocycles. The van der Waals surface area contributed by atoms with Crippen molar-refractivity contribution in [3.63, 3.8) is 0 Å². The standard InChI is InChI=1S/C27H26Cl2N4O4S/c28-19-11-17-14-33(13-15-3-4-16-5-7-30-20(16)10-15)8-6-18(17)24(29)23(19)26(35)32-21(27(36)37)12-31-25(34)22-2-1-9-38-22/h1-4,9-11,21,30H,5-8,12-14H2,(H,31,34)(H,32,35)(H,36,37)/t21-/m0/s1. The number of nitrogens with zero attached hydrogens (tertiary/aromatic N) is 1. The Labute approximate surface area is 233 Å². The van der Waals surface area contributed by atoms with E-state index in [9.17, 15) is 19.5 Å². The highest BCUT2D eigenvalue weighted by molar-refractivity contribution is 7.12. The van der Waals surface area contributed by atoms with Gasteiger partial charge in [-0.2, -0.15) is 0 Å². The fraction of sp³-hybridized carbons (Fsp3) is 0.296. The molecule has 5 rings (SSSR count). The second kappa shape index (κ2) is 11.3. The van der Waals surface area contributed by atoms with Crippen LogP contribution < -0.4 is 16.0 Å². The summed E-state index contributed by atoms with van der Waals surface area (Å²) in [7, 11) is 0. The van der Waals surface area contributed by atoms with Gasteiger partial charge in [0.2, 0.25) is 0 Å². The Balaban J connectivity index is 1.26. The Bertz CT molecular complexity index is 1400. The van der Waals surface area contributed by atoms with Crippen LogP contribution >= 0.6 is 34.5 Å². The summed E-state index contributed by atoms with van der Waals surface area (Å²) >= 11 is 14.4. The Hall–Kier alpha value is -3.11. The van der Waals surface area contributed by atoms with Crippen LogP contribution in [0, 0.1) is 0 Å². The Morgan fingerprint density at radius 2 is 1.95 bits per heavy atom. The number of carboxylic acid groups (broad SMARTS) is 1. The van der Waals surface area contributed by atoms with Gasteiger partial charge in [-0.1, -0.05) is 41.4 Å². The second-order valence-corrected chi connectivity index (χ2v) is 11.1. The number of hydrogen-bond donors (Lipinski definition) is 4. The number of amides is 2. The predicted molar refractivity (Wildman–Crippen MR) is 148 cm³/mol. The molecule has 0 spiro atoms. The summed E-state index contributed by atoms with van der Waals surface area (Å²) in [5, 5.41) is 20.1. The van der Waals surface area contributed by atoms with Crippen molar-refractivity contribution in [3.05, 3.63) is 84.5 Å². The zero-order valence-electron chi connectivity index (χ0n) is 20.4. The zero-order chi connectivity index (χ0) is 26.8. The Kier molecular flexibility index (Phi) is 7.90. The summed E-state index contributed by atoms with van der Waals surface area (Å²) < 4.78 is 0. The van der Waals surface area contributed by atoms with Crippen LogP contribution in [0.1, 0.15) is 42.3 Å². The molecule has 2 aliphatic rings. The molecule has 0 saturated heterocycles. The van der Waals surface area contributed by atoms with Gasteiger partial charge in [-0.05, 0) is 58.7 Å². The van der Waals surface area contributed by atoms with Gasteiger partial charge >= 0.3 is 5.97 Å². The largest absolute Gasteiger partial charge is 0.480 e. The summed E-state index contributed by atoms with van der Waals surface area (Å²) in [4.78, 5) is 39.8. The lowest BCUT2D eigenvalue weighted by Gasteiger charge is -2.30. The van der Waals surface area contributed by atoms with Gasteiger partial charge in [-0.15, -0.1) is 11.3 Å². The Morgan fingerprint density at radius 1 is 1.11 bits per heavy atom. The first-order chi connectivity index (χ1) is 18.3. The summed E-state index contributed by atoms with van der Waals surface area (Å²) in [6, 6.07) is 10.3. The maximum atomic E-state index is 13.1.